The summed E-state index contributed by atoms with van der Waals surface area (Å²) in [5.41, 5.74) is 6.79. The predicted octanol–water partition coefficient (Wildman–Crippen LogP) is 3.47. The van der Waals surface area contributed by atoms with Crippen molar-refractivity contribution < 1.29 is 9.53 Å². The first-order valence-corrected chi connectivity index (χ1v) is 7.34. The Bertz CT molecular complexity index is 629. The minimum absolute atomic E-state index is 0.265. The molecule has 21 heavy (non-hydrogen) atoms. The standard InChI is InChI=1S/C15H16BrN3O2/c1-2-7-21-13-5-3-10(8-12(13)17)15(20)19-14-6-4-11(16)9-18-14/h3-6,8-9H,2,7,17H2,1H3,(H,18,19,20). The number of aromatic nitrogens is 1. The van der Waals surface area contributed by atoms with Gasteiger partial charge in [-0.25, -0.2) is 4.98 Å². The lowest BCUT2D eigenvalue weighted by atomic mass is 10.1. The van der Waals surface area contributed by atoms with E-state index in [2.05, 4.69) is 26.2 Å². The fraction of sp³-hybridized carbons (Fsp3) is 0.200. The topological polar surface area (TPSA) is 77.2 Å². The molecule has 0 spiro atoms. The zero-order chi connectivity index (χ0) is 15.2. The molecule has 110 valence electrons. The third-order valence-corrected chi connectivity index (χ3v) is 3.17. The first-order valence-electron chi connectivity index (χ1n) is 6.55. The average molecular weight is 350 g/mol. The number of amides is 1. The lowest BCUT2D eigenvalue weighted by Crippen LogP contribution is -2.13. The highest BCUT2D eigenvalue weighted by atomic mass is 79.9. The second-order valence-corrected chi connectivity index (χ2v) is 5.33. The highest BCUT2D eigenvalue weighted by Crippen LogP contribution is 2.23. The molecule has 6 heteroatoms. The molecule has 2 aromatic rings. The van der Waals surface area contributed by atoms with E-state index in [1.54, 1.807) is 36.5 Å². The van der Waals surface area contributed by atoms with Crippen LogP contribution in [0.25, 0.3) is 0 Å². The van der Waals surface area contributed by atoms with Gasteiger partial charge in [0.25, 0.3) is 5.91 Å². The van der Waals surface area contributed by atoms with Crippen molar-refractivity contribution in [2.24, 2.45) is 0 Å². The Morgan fingerprint density at radius 1 is 1.38 bits per heavy atom. The number of halogens is 1. The normalized spacial score (nSPS) is 10.2. The summed E-state index contributed by atoms with van der Waals surface area (Å²) in [6.45, 7) is 2.61. The van der Waals surface area contributed by atoms with Gasteiger partial charge in [-0.15, -0.1) is 0 Å². The summed E-state index contributed by atoms with van der Waals surface area (Å²) in [6.07, 6.45) is 2.52. The molecule has 0 atom stereocenters. The van der Waals surface area contributed by atoms with Gasteiger partial charge in [0.15, 0.2) is 0 Å². The Morgan fingerprint density at radius 2 is 2.19 bits per heavy atom. The number of nitrogens with two attached hydrogens (primary N) is 1. The maximum Gasteiger partial charge on any atom is 0.256 e. The Balaban J connectivity index is 2.08. The summed E-state index contributed by atoms with van der Waals surface area (Å²) >= 11 is 3.29. The number of nitrogens with one attached hydrogen (secondary N) is 1. The number of pyridine rings is 1. The summed E-state index contributed by atoms with van der Waals surface area (Å²) < 4.78 is 6.33. The summed E-state index contributed by atoms with van der Waals surface area (Å²) in [5, 5.41) is 2.71. The summed E-state index contributed by atoms with van der Waals surface area (Å²) in [5.74, 6) is 0.807. The van der Waals surface area contributed by atoms with E-state index < -0.39 is 0 Å². The molecule has 0 radical (unpaired) electrons. The van der Waals surface area contributed by atoms with E-state index in [1.165, 1.54) is 0 Å². The van der Waals surface area contributed by atoms with Gasteiger partial charge < -0.3 is 15.8 Å². The van der Waals surface area contributed by atoms with Crippen molar-refractivity contribution in [3.05, 3.63) is 46.6 Å². The van der Waals surface area contributed by atoms with Crippen LogP contribution in [0.15, 0.2) is 41.0 Å². The van der Waals surface area contributed by atoms with Crippen LogP contribution in [0.3, 0.4) is 0 Å². The van der Waals surface area contributed by atoms with Gasteiger partial charge in [-0.05, 0) is 52.7 Å². The number of anilines is 2. The maximum atomic E-state index is 12.1. The lowest BCUT2D eigenvalue weighted by Gasteiger charge is -2.10. The molecule has 2 rings (SSSR count). The van der Waals surface area contributed by atoms with Crippen LogP contribution in [0.2, 0.25) is 0 Å². The van der Waals surface area contributed by atoms with Gasteiger partial charge in [0.05, 0.1) is 12.3 Å². The number of nitrogens with zero attached hydrogens (tertiary/aromatic N) is 1. The first kappa shape index (κ1) is 15.3. The molecule has 1 aromatic heterocycles. The van der Waals surface area contributed by atoms with Crippen molar-refractivity contribution >= 4 is 33.3 Å². The fourth-order valence-corrected chi connectivity index (χ4v) is 1.91. The molecule has 0 bridgehead atoms. The third-order valence-electron chi connectivity index (χ3n) is 2.70. The predicted molar refractivity (Wildman–Crippen MR) is 86.5 cm³/mol. The number of nitrogen functional groups attached to an aromatic ring is 1. The van der Waals surface area contributed by atoms with E-state index in [-0.39, 0.29) is 5.91 Å². The summed E-state index contributed by atoms with van der Waals surface area (Å²) in [4.78, 5) is 16.2. The molecule has 3 N–H and O–H groups in total. The van der Waals surface area contributed by atoms with Gasteiger partial charge in [-0.2, -0.15) is 0 Å². The highest BCUT2D eigenvalue weighted by molar-refractivity contribution is 9.10. The van der Waals surface area contributed by atoms with Crippen LogP contribution in [0, 0.1) is 0 Å². The zero-order valence-electron chi connectivity index (χ0n) is 11.6. The second kappa shape index (κ2) is 7.08. The van der Waals surface area contributed by atoms with E-state index in [4.69, 9.17) is 10.5 Å². The number of rotatable bonds is 5. The van der Waals surface area contributed by atoms with Crippen LogP contribution in [-0.2, 0) is 0 Å². The second-order valence-electron chi connectivity index (χ2n) is 4.42. The van der Waals surface area contributed by atoms with Crippen LogP contribution in [-0.4, -0.2) is 17.5 Å². The Kier molecular flexibility index (Phi) is 5.16. The average Bonchev–Trinajstić information content (AvgIpc) is 2.48. The molecule has 0 aliphatic rings. The molecular weight excluding hydrogens is 334 g/mol. The van der Waals surface area contributed by atoms with Gasteiger partial charge >= 0.3 is 0 Å². The van der Waals surface area contributed by atoms with Crippen molar-refractivity contribution in [3.8, 4) is 5.75 Å². The van der Waals surface area contributed by atoms with Crippen LogP contribution in [0.5, 0.6) is 5.75 Å². The van der Waals surface area contributed by atoms with E-state index >= 15 is 0 Å². The quantitative estimate of drug-likeness (QED) is 0.810. The van der Waals surface area contributed by atoms with Gasteiger partial charge in [0, 0.05) is 16.2 Å². The summed E-state index contributed by atoms with van der Waals surface area (Å²) in [6, 6.07) is 8.49. The fourth-order valence-electron chi connectivity index (χ4n) is 1.67. The zero-order valence-corrected chi connectivity index (χ0v) is 13.2. The highest BCUT2D eigenvalue weighted by Gasteiger charge is 2.09. The Labute approximate surface area is 131 Å². The van der Waals surface area contributed by atoms with Gasteiger partial charge in [0.1, 0.15) is 11.6 Å². The lowest BCUT2D eigenvalue weighted by molar-refractivity contribution is 0.102. The molecule has 0 unspecified atom stereocenters. The van der Waals surface area contributed by atoms with Crippen molar-refractivity contribution in [2.75, 3.05) is 17.7 Å². The van der Waals surface area contributed by atoms with Gasteiger partial charge in [-0.3, -0.25) is 4.79 Å². The number of hydrogen-bond acceptors (Lipinski definition) is 4. The molecule has 0 fully saturated rings. The number of ether oxygens (including phenoxy) is 1. The number of hydrogen-bond donors (Lipinski definition) is 2. The van der Waals surface area contributed by atoms with E-state index in [1.807, 2.05) is 6.92 Å². The number of benzene rings is 1. The smallest absolute Gasteiger partial charge is 0.256 e. The van der Waals surface area contributed by atoms with E-state index in [0.29, 0.717) is 29.4 Å². The first-order chi connectivity index (χ1) is 10.1. The van der Waals surface area contributed by atoms with Crippen LogP contribution in [0.1, 0.15) is 23.7 Å². The molecule has 1 heterocycles. The molecule has 1 aromatic carbocycles. The minimum Gasteiger partial charge on any atom is -0.491 e. The molecular formula is C15H16BrN3O2. The number of carbonyl (C=O) groups is 1. The SMILES string of the molecule is CCCOc1ccc(C(=O)Nc2ccc(Br)cn2)cc1N. The van der Waals surface area contributed by atoms with Crippen LogP contribution < -0.4 is 15.8 Å². The van der Waals surface area contributed by atoms with E-state index in [0.717, 1.165) is 10.9 Å². The molecule has 1 amide bonds. The van der Waals surface area contributed by atoms with Crippen molar-refractivity contribution in [2.45, 2.75) is 13.3 Å². The minimum atomic E-state index is -0.265. The van der Waals surface area contributed by atoms with Crippen LogP contribution in [0.4, 0.5) is 11.5 Å². The molecule has 0 saturated heterocycles. The Morgan fingerprint density at radius 3 is 2.81 bits per heavy atom. The molecule has 5 nitrogen and oxygen atoms in total. The van der Waals surface area contributed by atoms with Crippen molar-refractivity contribution in [1.29, 1.82) is 0 Å². The van der Waals surface area contributed by atoms with Gasteiger partial charge in [0.2, 0.25) is 0 Å². The molecule has 0 saturated carbocycles. The monoisotopic (exact) mass is 349 g/mol. The molecule has 0 aliphatic carbocycles. The summed E-state index contributed by atoms with van der Waals surface area (Å²) in [7, 11) is 0. The van der Waals surface area contributed by atoms with Crippen molar-refractivity contribution in [3.63, 3.8) is 0 Å². The largest absolute Gasteiger partial charge is 0.491 e. The van der Waals surface area contributed by atoms with Crippen LogP contribution >= 0.6 is 15.9 Å². The maximum absolute atomic E-state index is 12.1. The Hall–Kier alpha value is -2.08. The molecule has 0 aliphatic heterocycles. The van der Waals surface area contributed by atoms with E-state index in [9.17, 15) is 4.79 Å². The van der Waals surface area contributed by atoms with Crippen molar-refractivity contribution in [1.82, 2.24) is 4.98 Å². The van der Waals surface area contributed by atoms with Gasteiger partial charge in [-0.1, -0.05) is 6.92 Å². The number of carbonyl (C=O) groups excluding carboxylic acids is 1. The third kappa shape index (κ3) is 4.19.